The van der Waals surface area contributed by atoms with E-state index in [1.807, 2.05) is 6.07 Å². The molecule has 1 aromatic carbocycles. The lowest BCUT2D eigenvalue weighted by atomic mass is 9.77. The lowest BCUT2D eigenvalue weighted by Crippen LogP contribution is -2.41. The number of alkyl halides is 1. The predicted octanol–water partition coefficient (Wildman–Crippen LogP) is 4.51. The molecule has 1 aliphatic carbocycles. The highest BCUT2D eigenvalue weighted by atomic mass is 79.9. The molecule has 6 nitrogen and oxygen atoms in total. The summed E-state index contributed by atoms with van der Waals surface area (Å²) in [6.45, 7) is 1.76. The van der Waals surface area contributed by atoms with Gasteiger partial charge in [-0.25, -0.2) is 0 Å². The number of aromatic nitrogens is 1. The smallest absolute Gasteiger partial charge is 0.295 e. The van der Waals surface area contributed by atoms with E-state index in [2.05, 4.69) is 21.1 Å². The van der Waals surface area contributed by atoms with Gasteiger partial charge >= 0.3 is 0 Å². The molecule has 0 bridgehead atoms. The Kier molecular flexibility index (Phi) is 4.55. The fourth-order valence-corrected chi connectivity index (χ4v) is 5.38. The summed E-state index contributed by atoms with van der Waals surface area (Å²) >= 11 is 9.86. The Hall–Kier alpha value is -2.12. The van der Waals surface area contributed by atoms with E-state index in [9.17, 15) is 9.59 Å². The van der Waals surface area contributed by atoms with Crippen molar-refractivity contribution in [1.82, 2.24) is 5.16 Å². The Morgan fingerprint density at radius 1 is 1.24 bits per heavy atom. The van der Waals surface area contributed by atoms with Crippen molar-refractivity contribution in [2.75, 3.05) is 4.90 Å². The van der Waals surface area contributed by atoms with Gasteiger partial charge < -0.3 is 9.26 Å². The number of rotatable bonds is 2. The molecule has 2 aliphatic heterocycles. The van der Waals surface area contributed by atoms with Crippen molar-refractivity contribution in [2.45, 2.75) is 43.2 Å². The first-order valence-electron chi connectivity index (χ1n) is 9.55. The molecule has 2 aromatic rings. The SMILES string of the molecule is Cc1cc(N2C(=O)C3=C(C(=O)C4CC(Br)CCC4O3)C2c2cccc(Cl)c2)no1. The standard InChI is InChI=1S/C21H18BrClN2O4/c1-10-7-16(24-29-10)25-18(11-3-2-4-13(23)8-11)17-19(26)14-9-12(22)5-6-15(14)28-20(17)21(25)27/h2-4,7-8,12,14-15,18H,5-6,9H2,1H3. The summed E-state index contributed by atoms with van der Waals surface area (Å²) in [5.41, 5.74) is 1.12. The summed E-state index contributed by atoms with van der Waals surface area (Å²) in [5, 5.41) is 4.56. The number of nitrogens with zero attached hydrogens (tertiary/aromatic N) is 2. The zero-order valence-electron chi connectivity index (χ0n) is 15.6. The molecule has 8 heteroatoms. The molecule has 0 N–H and O–H groups in total. The van der Waals surface area contributed by atoms with Crippen LogP contribution in [0.15, 0.2) is 46.2 Å². The van der Waals surface area contributed by atoms with Crippen LogP contribution in [0.25, 0.3) is 0 Å². The van der Waals surface area contributed by atoms with E-state index < -0.39 is 6.04 Å². The maximum atomic E-state index is 13.6. The molecule has 0 saturated heterocycles. The van der Waals surface area contributed by atoms with Crippen molar-refractivity contribution in [2.24, 2.45) is 5.92 Å². The van der Waals surface area contributed by atoms with Crippen LogP contribution < -0.4 is 4.90 Å². The number of ether oxygens (including phenoxy) is 1. The molecule has 1 saturated carbocycles. The molecule has 1 aromatic heterocycles. The lowest BCUT2D eigenvalue weighted by molar-refractivity contribution is -0.131. The summed E-state index contributed by atoms with van der Waals surface area (Å²) in [4.78, 5) is 28.7. The Bertz CT molecular complexity index is 1050. The van der Waals surface area contributed by atoms with Gasteiger partial charge in [-0.05, 0) is 43.9 Å². The van der Waals surface area contributed by atoms with E-state index in [1.165, 1.54) is 4.90 Å². The first-order valence-corrected chi connectivity index (χ1v) is 10.8. The maximum absolute atomic E-state index is 13.6. The third kappa shape index (κ3) is 3.02. The number of Topliss-reactive ketones (excluding diaryl/α,β-unsaturated/α-hetero) is 1. The number of aryl methyl sites for hydroxylation is 1. The monoisotopic (exact) mass is 476 g/mol. The highest BCUT2D eigenvalue weighted by Crippen LogP contribution is 2.48. The van der Waals surface area contributed by atoms with Crippen LogP contribution in [0.4, 0.5) is 5.82 Å². The molecule has 4 atom stereocenters. The van der Waals surface area contributed by atoms with Gasteiger partial charge in [-0.3, -0.25) is 14.5 Å². The van der Waals surface area contributed by atoms with Crippen molar-refractivity contribution < 1.29 is 18.8 Å². The van der Waals surface area contributed by atoms with Crippen molar-refractivity contribution in [3.8, 4) is 0 Å². The van der Waals surface area contributed by atoms with E-state index in [0.29, 0.717) is 28.6 Å². The molecular formula is C21H18BrClN2O4. The topological polar surface area (TPSA) is 72.6 Å². The molecule has 5 rings (SSSR count). The second-order valence-electron chi connectivity index (χ2n) is 7.71. The summed E-state index contributed by atoms with van der Waals surface area (Å²) in [7, 11) is 0. The number of hydrogen-bond donors (Lipinski definition) is 0. The number of carbonyl (C=O) groups excluding carboxylic acids is 2. The van der Waals surface area contributed by atoms with Crippen LogP contribution in [0.3, 0.4) is 0 Å². The fourth-order valence-electron chi connectivity index (χ4n) is 4.51. The van der Waals surface area contributed by atoms with Gasteiger partial charge in [0.15, 0.2) is 17.4 Å². The zero-order valence-corrected chi connectivity index (χ0v) is 17.9. The molecule has 3 aliphatic rings. The Balaban J connectivity index is 1.65. The van der Waals surface area contributed by atoms with Crippen molar-refractivity contribution in [1.29, 1.82) is 0 Å². The molecule has 29 heavy (non-hydrogen) atoms. The van der Waals surface area contributed by atoms with Crippen LogP contribution in [-0.2, 0) is 14.3 Å². The number of halogens is 2. The number of anilines is 1. The summed E-state index contributed by atoms with van der Waals surface area (Å²) in [6, 6.07) is 8.22. The number of hydrogen-bond acceptors (Lipinski definition) is 5. The van der Waals surface area contributed by atoms with Crippen LogP contribution in [-0.4, -0.2) is 27.8 Å². The third-order valence-electron chi connectivity index (χ3n) is 5.81. The summed E-state index contributed by atoms with van der Waals surface area (Å²) in [5.74, 6) is 0.401. The van der Waals surface area contributed by atoms with Gasteiger partial charge in [0.25, 0.3) is 5.91 Å². The van der Waals surface area contributed by atoms with Gasteiger partial charge in [-0.15, -0.1) is 0 Å². The van der Waals surface area contributed by atoms with Gasteiger partial charge in [0.2, 0.25) is 0 Å². The van der Waals surface area contributed by atoms with E-state index in [-0.39, 0.29) is 34.3 Å². The minimum absolute atomic E-state index is 0.0264. The molecule has 3 heterocycles. The summed E-state index contributed by atoms with van der Waals surface area (Å²) < 4.78 is 11.3. The first-order chi connectivity index (χ1) is 13.9. The Morgan fingerprint density at radius 2 is 2.07 bits per heavy atom. The van der Waals surface area contributed by atoms with Crippen molar-refractivity contribution in [3.05, 3.63) is 58.0 Å². The second kappa shape index (κ2) is 6.99. The van der Waals surface area contributed by atoms with Crippen LogP contribution in [0, 0.1) is 12.8 Å². The summed E-state index contributed by atoms with van der Waals surface area (Å²) in [6.07, 6.45) is 2.08. The molecule has 4 unspecified atom stereocenters. The van der Waals surface area contributed by atoms with Crippen molar-refractivity contribution >= 4 is 45.0 Å². The molecule has 1 amide bonds. The lowest BCUT2D eigenvalue weighted by Gasteiger charge is -2.37. The van der Waals surface area contributed by atoms with E-state index in [0.717, 1.165) is 18.4 Å². The average Bonchev–Trinajstić information content (AvgIpc) is 3.24. The molecule has 0 spiro atoms. The fraction of sp³-hybridized carbons (Fsp3) is 0.381. The highest BCUT2D eigenvalue weighted by Gasteiger charge is 2.53. The number of carbonyl (C=O) groups is 2. The van der Waals surface area contributed by atoms with E-state index >= 15 is 0 Å². The van der Waals surface area contributed by atoms with Crippen LogP contribution in [0.2, 0.25) is 5.02 Å². The molecule has 1 fully saturated rings. The first kappa shape index (κ1) is 18.9. The van der Waals surface area contributed by atoms with Crippen LogP contribution >= 0.6 is 27.5 Å². The van der Waals surface area contributed by atoms with Crippen LogP contribution in [0.5, 0.6) is 0 Å². The number of fused-ring (bicyclic) bond motifs is 1. The number of benzene rings is 1. The molecule has 0 radical (unpaired) electrons. The quantitative estimate of drug-likeness (QED) is 0.595. The Morgan fingerprint density at radius 3 is 2.79 bits per heavy atom. The molecular weight excluding hydrogens is 460 g/mol. The second-order valence-corrected chi connectivity index (χ2v) is 9.44. The number of ketones is 1. The van der Waals surface area contributed by atoms with Gasteiger partial charge in [0.05, 0.1) is 17.5 Å². The molecule has 150 valence electrons. The normalized spacial score (nSPS) is 29.0. The third-order valence-corrected chi connectivity index (χ3v) is 6.88. The minimum atomic E-state index is -0.648. The zero-order chi connectivity index (χ0) is 20.3. The average molecular weight is 478 g/mol. The van der Waals surface area contributed by atoms with Gasteiger partial charge in [0, 0.05) is 15.9 Å². The minimum Gasteiger partial charge on any atom is -0.483 e. The largest absolute Gasteiger partial charge is 0.483 e. The van der Waals surface area contributed by atoms with Gasteiger partial charge in [0.1, 0.15) is 11.9 Å². The highest BCUT2D eigenvalue weighted by molar-refractivity contribution is 9.09. The predicted molar refractivity (Wildman–Crippen MR) is 110 cm³/mol. The van der Waals surface area contributed by atoms with E-state index in [4.69, 9.17) is 20.9 Å². The maximum Gasteiger partial charge on any atom is 0.295 e. The van der Waals surface area contributed by atoms with Gasteiger partial charge in [-0.2, -0.15) is 0 Å². The van der Waals surface area contributed by atoms with Crippen LogP contribution in [0.1, 0.15) is 36.6 Å². The number of amides is 1. The van der Waals surface area contributed by atoms with Gasteiger partial charge in [-0.1, -0.05) is 44.8 Å². The van der Waals surface area contributed by atoms with Crippen molar-refractivity contribution in [3.63, 3.8) is 0 Å². The Labute approximate surface area is 180 Å². The van der Waals surface area contributed by atoms with E-state index in [1.54, 1.807) is 31.2 Å².